The first-order valence-electron chi connectivity index (χ1n) is 7.37. The second-order valence-corrected chi connectivity index (χ2v) is 5.68. The molecule has 0 saturated carbocycles. The standard InChI is InChI=1S/C16H23NO2/c1-3-15(4-2)11-17-12-16(19-15)9-10-18-14-8-6-5-7-13(14)16/h5-8,17H,3-4,9-12H2,1-2H3. The summed E-state index contributed by atoms with van der Waals surface area (Å²) in [7, 11) is 0. The fourth-order valence-electron chi connectivity index (χ4n) is 3.34. The number of rotatable bonds is 2. The molecular weight excluding hydrogens is 238 g/mol. The first kappa shape index (κ1) is 12.9. The number of hydrogen-bond acceptors (Lipinski definition) is 3. The second-order valence-electron chi connectivity index (χ2n) is 5.68. The van der Waals surface area contributed by atoms with Crippen LogP contribution in [0.3, 0.4) is 0 Å². The van der Waals surface area contributed by atoms with Gasteiger partial charge in [0.1, 0.15) is 11.4 Å². The fourth-order valence-corrected chi connectivity index (χ4v) is 3.34. The normalized spacial score (nSPS) is 28.7. The zero-order chi connectivity index (χ0) is 13.3. The first-order chi connectivity index (χ1) is 9.24. The molecular formula is C16H23NO2. The van der Waals surface area contributed by atoms with Gasteiger partial charge in [-0.15, -0.1) is 0 Å². The Kier molecular flexibility index (Phi) is 3.27. The van der Waals surface area contributed by atoms with Crippen molar-refractivity contribution in [2.45, 2.75) is 44.3 Å². The summed E-state index contributed by atoms with van der Waals surface area (Å²) in [5.41, 5.74) is 0.960. The Bertz CT molecular complexity index is 456. The Morgan fingerprint density at radius 3 is 2.74 bits per heavy atom. The van der Waals surface area contributed by atoms with Gasteiger partial charge in [-0.2, -0.15) is 0 Å². The Labute approximate surface area is 115 Å². The summed E-state index contributed by atoms with van der Waals surface area (Å²) in [4.78, 5) is 0. The van der Waals surface area contributed by atoms with E-state index >= 15 is 0 Å². The van der Waals surface area contributed by atoms with Crippen molar-refractivity contribution in [2.75, 3.05) is 19.7 Å². The van der Waals surface area contributed by atoms with Crippen LogP contribution in [-0.4, -0.2) is 25.3 Å². The molecule has 0 aliphatic carbocycles. The van der Waals surface area contributed by atoms with E-state index in [2.05, 4.69) is 31.3 Å². The highest BCUT2D eigenvalue weighted by molar-refractivity contribution is 5.40. The van der Waals surface area contributed by atoms with Crippen molar-refractivity contribution < 1.29 is 9.47 Å². The number of ether oxygens (including phenoxy) is 2. The zero-order valence-electron chi connectivity index (χ0n) is 11.9. The lowest BCUT2D eigenvalue weighted by atomic mass is 9.83. The molecule has 1 fully saturated rings. The molecule has 3 nitrogen and oxygen atoms in total. The van der Waals surface area contributed by atoms with Crippen LogP contribution in [-0.2, 0) is 10.3 Å². The number of fused-ring (bicyclic) bond motifs is 2. The Hall–Kier alpha value is -1.06. The van der Waals surface area contributed by atoms with Gasteiger partial charge in [-0.1, -0.05) is 32.0 Å². The topological polar surface area (TPSA) is 30.5 Å². The maximum Gasteiger partial charge on any atom is 0.125 e. The lowest BCUT2D eigenvalue weighted by molar-refractivity contribution is -0.198. The SMILES string of the molecule is CCC1(CC)CNCC2(CCOc3ccccc32)O1. The van der Waals surface area contributed by atoms with Gasteiger partial charge in [0, 0.05) is 25.1 Å². The third kappa shape index (κ3) is 2.05. The minimum Gasteiger partial charge on any atom is -0.493 e. The third-order valence-corrected chi connectivity index (χ3v) is 4.70. The van der Waals surface area contributed by atoms with Crippen LogP contribution in [0.25, 0.3) is 0 Å². The van der Waals surface area contributed by atoms with E-state index < -0.39 is 0 Å². The van der Waals surface area contributed by atoms with Gasteiger partial charge in [-0.25, -0.2) is 0 Å². The summed E-state index contributed by atoms with van der Waals surface area (Å²) < 4.78 is 12.5. The predicted molar refractivity (Wildman–Crippen MR) is 75.5 cm³/mol. The molecule has 2 heterocycles. The van der Waals surface area contributed by atoms with Crippen LogP contribution in [0.4, 0.5) is 0 Å². The first-order valence-corrected chi connectivity index (χ1v) is 7.37. The summed E-state index contributed by atoms with van der Waals surface area (Å²) in [5.74, 6) is 0.985. The average Bonchev–Trinajstić information content (AvgIpc) is 2.48. The monoisotopic (exact) mass is 261 g/mol. The molecule has 1 saturated heterocycles. The third-order valence-electron chi connectivity index (χ3n) is 4.70. The molecule has 0 bridgehead atoms. The molecule has 2 aliphatic rings. The van der Waals surface area contributed by atoms with Crippen LogP contribution in [0.1, 0.15) is 38.7 Å². The summed E-state index contributed by atoms with van der Waals surface area (Å²) >= 11 is 0. The van der Waals surface area contributed by atoms with Crippen LogP contribution in [0.2, 0.25) is 0 Å². The Balaban J connectivity index is 2.00. The molecule has 3 heteroatoms. The van der Waals surface area contributed by atoms with Gasteiger partial charge in [0.15, 0.2) is 0 Å². The Morgan fingerprint density at radius 1 is 1.16 bits per heavy atom. The van der Waals surface area contributed by atoms with Crippen molar-refractivity contribution in [1.82, 2.24) is 5.32 Å². The molecule has 19 heavy (non-hydrogen) atoms. The zero-order valence-corrected chi connectivity index (χ0v) is 11.9. The smallest absolute Gasteiger partial charge is 0.125 e. The summed E-state index contributed by atoms with van der Waals surface area (Å²) in [6.07, 6.45) is 3.02. The molecule has 2 aliphatic heterocycles. The number of nitrogens with one attached hydrogen (secondary N) is 1. The molecule has 0 amide bonds. The predicted octanol–water partition coefficient (Wildman–Crippen LogP) is 2.84. The largest absolute Gasteiger partial charge is 0.493 e. The van der Waals surface area contributed by atoms with Gasteiger partial charge < -0.3 is 14.8 Å². The van der Waals surface area contributed by atoms with Crippen LogP contribution in [0, 0.1) is 0 Å². The van der Waals surface area contributed by atoms with Crippen LogP contribution < -0.4 is 10.1 Å². The van der Waals surface area contributed by atoms with Gasteiger partial charge >= 0.3 is 0 Å². The lowest BCUT2D eigenvalue weighted by Crippen LogP contribution is -2.59. The van der Waals surface area contributed by atoms with E-state index in [1.807, 2.05) is 12.1 Å². The molecule has 0 radical (unpaired) electrons. The summed E-state index contributed by atoms with van der Waals surface area (Å²) in [5, 5.41) is 3.60. The number of morpholine rings is 1. The molecule has 1 spiro atoms. The number of hydrogen-bond donors (Lipinski definition) is 1. The highest BCUT2D eigenvalue weighted by atomic mass is 16.5. The average molecular weight is 261 g/mol. The van der Waals surface area contributed by atoms with Gasteiger partial charge in [-0.3, -0.25) is 0 Å². The van der Waals surface area contributed by atoms with Crippen molar-refractivity contribution in [3.63, 3.8) is 0 Å². The minimum atomic E-state index is -0.209. The highest BCUT2D eigenvalue weighted by Gasteiger charge is 2.47. The van der Waals surface area contributed by atoms with E-state index in [9.17, 15) is 0 Å². The van der Waals surface area contributed by atoms with Gasteiger partial charge in [0.2, 0.25) is 0 Å². The van der Waals surface area contributed by atoms with Gasteiger partial charge in [-0.05, 0) is 18.9 Å². The molecule has 1 atom stereocenters. The number of para-hydroxylation sites is 1. The van der Waals surface area contributed by atoms with E-state index in [0.717, 1.165) is 44.7 Å². The molecule has 104 valence electrons. The van der Waals surface area contributed by atoms with E-state index in [0.29, 0.717) is 0 Å². The van der Waals surface area contributed by atoms with Crippen LogP contribution in [0.15, 0.2) is 24.3 Å². The number of benzene rings is 1. The summed E-state index contributed by atoms with van der Waals surface area (Å²) in [6.45, 7) is 7.01. The minimum absolute atomic E-state index is 0.0390. The molecule has 3 rings (SSSR count). The molecule has 1 unspecified atom stereocenters. The van der Waals surface area contributed by atoms with Crippen LogP contribution >= 0.6 is 0 Å². The van der Waals surface area contributed by atoms with Crippen molar-refractivity contribution >= 4 is 0 Å². The maximum atomic E-state index is 6.68. The van der Waals surface area contributed by atoms with Crippen molar-refractivity contribution in [1.29, 1.82) is 0 Å². The molecule has 1 aromatic carbocycles. The van der Waals surface area contributed by atoms with E-state index in [4.69, 9.17) is 9.47 Å². The van der Waals surface area contributed by atoms with Crippen molar-refractivity contribution in [3.8, 4) is 5.75 Å². The van der Waals surface area contributed by atoms with Gasteiger partial charge in [0.05, 0.1) is 12.2 Å². The lowest BCUT2D eigenvalue weighted by Gasteiger charge is -2.50. The fraction of sp³-hybridized carbons (Fsp3) is 0.625. The van der Waals surface area contributed by atoms with Crippen molar-refractivity contribution in [3.05, 3.63) is 29.8 Å². The van der Waals surface area contributed by atoms with Gasteiger partial charge in [0.25, 0.3) is 0 Å². The second kappa shape index (κ2) is 4.80. The Morgan fingerprint density at radius 2 is 1.95 bits per heavy atom. The van der Waals surface area contributed by atoms with E-state index in [1.165, 1.54) is 5.56 Å². The van der Waals surface area contributed by atoms with Crippen molar-refractivity contribution in [2.24, 2.45) is 0 Å². The van der Waals surface area contributed by atoms with Crippen LogP contribution in [0.5, 0.6) is 5.75 Å². The maximum absolute atomic E-state index is 6.68. The summed E-state index contributed by atoms with van der Waals surface area (Å²) in [6, 6.07) is 8.30. The quantitative estimate of drug-likeness (QED) is 0.888. The highest BCUT2D eigenvalue weighted by Crippen LogP contribution is 2.44. The molecule has 1 aromatic rings. The molecule has 0 aromatic heterocycles. The molecule has 1 N–H and O–H groups in total. The van der Waals surface area contributed by atoms with E-state index in [-0.39, 0.29) is 11.2 Å². The van der Waals surface area contributed by atoms with E-state index in [1.54, 1.807) is 0 Å².